The van der Waals surface area contributed by atoms with E-state index < -0.39 is 0 Å². The summed E-state index contributed by atoms with van der Waals surface area (Å²) in [6, 6.07) is 5.52. The first-order valence-electron chi connectivity index (χ1n) is 11.7. The predicted octanol–water partition coefficient (Wildman–Crippen LogP) is 3.70. The van der Waals surface area contributed by atoms with Gasteiger partial charge in [0.25, 0.3) is 5.91 Å². The van der Waals surface area contributed by atoms with E-state index in [1.54, 1.807) is 13.2 Å². The van der Waals surface area contributed by atoms with Crippen LogP contribution in [0.3, 0.4) is 0 Å². The fourth-order valence-electron chi connectivity index (χ4n) is 3.55. The molecule has 0 atom stereocenters. The van der Waals surface area contributed by atoms with Gasteiger partial charge in [0.05, 0.1) is 23.2 Å². The lowest BCUT2D eigenvalue weighted by Gasteiger charge is -2.18. The standard InChI is InChI=1S/C24H33N7O3/c1-5-8-9-21(32)27-18-10-11-20-19(14-18)28-24(31(20)12-13-34-4)29-22(33)17-15-25-23(26-16-17)30(6-2)7-3/h10-11,14-16H,5-9,12-13H2,1-4H3,(H,27,32)(H,28,29,33). The van der Waals surface area contributed by atoms with Crippen molar-refractivity contribution in [3.05, 3.63) is 36.2 Å². The summed E-state index contributed by atoms with van der Waals surface area (Å²) >= 11 is 0. The number of aromatic nitrogens is 4. The Labute approximate surface area is 199 Å². The third-order valence-corrected chi connectivity index (χ3v) is 5.48. The molecule has 3 rings (SSSR count). The molecule has 2 amide bonds. The number of carbonyl (C=O) groups is 2. The number of nitrogens with zero attached hydrogens (tertiary/aromatic N) is 5. The normalized spacial score (nSPS) is 10.9. The fourth-order valence-corrected chi connectivity index (χ4v) is 3.55. The highest BCUT2D eigenvalue weighted by Gasteiger charge is 2.16. The molecular weight excluding hydrogens is 434 g/mol. The van der Waals surface area contributed by atoms with Gasteiger partial charge in [0, 0.05) is 51.2 Å². The maximum atomic E-state index is 12.9. The van der Waals surface area contributed by atoms with Gasteiger partial charge in [-0.05, 0) is 38.5 Å². The number of benzene rings is 1. The van der Waals surface area contributed by atoms with E-state index in [-0.39, 0.29) is 11.8 Å². The Bertz CT molecular complexity index is 1110. The van der Waals surface area contributed by atoms with Gasteiger partial charge in [-0.25, -0.2) is 15.0 Å². The largest absolute Gasteiger partial charge is 0.383 e. The number of fused-ring (bicyclic) bond motifs is 1. The van der Waals surface area contributed by atoms with Gasteiger partial charge >= 0.3 is 0 Å². The first kappa shape index (κ1) is 25.1. The van der Waals surface area contributed by atoms with E-state index >= 15 is 0 Å². The van der Waals surface area contributed by atoms with Gasteiger partial charge < -0.3 is 19.5 Å². The summed E-state index contributed by atoms with van der Waals surface area (Å²) in [5, 5.41) is 5.78. The molecule has 0 saturated heterocycles. The Hall–Kier alpha value is -3.53. The summed E-state index contributed by atoms with van der Waals surface area (Å²) in [6.07, 6.45) is 5.32. The molecule has 0 radical (unpaired) electrons. The summed E-state index contributed by atoms with van der Waals surface area (Å²) in [4.78, 5) is 40.3. The monoisotopic (exact) mass is 467 g/mol. The van der Waals surface area contributed by atoms with Crippen LogP contribution in [0.25, 0.3) is 11.0 Å². The molecule has 10 nitrogen and oxygen atoms in total. The summed E-state index contributed by atoms with van der Waals surface area (Å²) in [6.45, 7) is 8.63. The second kappa shape index (κ2) is 12.1. The number of unbranched alkanes of at least 4 members (excludes halogenated alkanes) is 1. The minimum absolute atomic E-state index is 0.0262. The highest BCUT2D eigenvalue weighted by molar-refractivity contribution is 6.04. The maximum Gasteiger partial charge on any atom is 0.261 e. The molecule has 10 heteroatoms. The summed E-state index contributed by atoms with van der Waals surface area (Å²) in [5.74, 6) is 0.594. The Morgan fingerprint density at radius 3 is 2.47 bits per heavy atom. The molecule has 34 heavy (non-hydrogen) atoms. The summed E-state index contributed by atoms with van der Waals surface area (Å²) < 4.78 is 7.12. The molecule has 0 aliphatic rings. The van der Waals surface area contributed by atoms with Gasteiger partial charge in [0.2, 0.25) is 17.8 Å². The van der Waals surface area contributed by atoms with Crippen molar-refractivity contribution in [1.29, 1.82) is 0 Å². The number of hydrogen-bond donors (Lipinski definition) is 2. The fraction of sp³-hybridized carbons (Fsp3) is 0.458. The van der Waals surface area contributed by atoms with Crippen LogP contribution in [0.4, 0.5) is 17.6 Å². The molecular formula is C24H33N7O3. The minimum Gasteiger partial charge on any atom is -0.383 e. The molecule has 2 aromatic heterocycles. The van der Waals surface area contributed by atoms with E-state index in [1.807, 2.05) is 42.4 Å². The van der Waals surface area contributed by atoms with E-state index in [9.17, 15) is 9.59 Å². The summed E-state index contributed by atoms with van der Waals surface area (Å²) in [7, 11) is 1.62. The van der Waals surface area contributed by atoms with Crippen molar-refractivity contribution in [2.75, 3.05) is 42.3 Å². The highest BCUT2D eigenvalue weighted by atomic mass is 16.5. The van der Waals surface area contributed by atoms with Gasteiger partial charge in [0.15, 0.2) is 0 Å². The number of rotatable bonds is 12. The lowest BCUT2D eigenvalue weighted by Crippen LogP contribution is -2.24. The molecule has 1 aromatic carbocycles. The van der Waals surface area contributed by atoms with Crippen LogP contribution >= 0.6 is 0 Å². The van der Waals surface area contributed by atoms with Crippen LogP contribution in [-0.4, -0.2) is 58.1 Å². The predicted molar refractivity (Wildman–Crippen MR) is 133 cm³/mol. The van der Waals surface area contributed by atoms with Crippen molar-refractivity contribution in [3.63, 3.8) is 0 Å². The SMILES string of the molecule is CCCCC(=O)Nc1ccc2c(c1)nc(NC(=O)c1cnc(N(CC)CC)nc1)n2CCOC. The molecule has 0 spiro atoms. The Morgan fingerprint density at radius 2 is 1.82 bits per heavy atom. The number of hydrogen-bond acceptors (Lipinski definition) is 7. The van der Waals surface area contributed by atoms with Crippen molar-refractivity contribution in [1.82, 2.24) is 19.5 Å². The molecule has 0 fully saturated rings. The molecule has 2 heterocycles. The molecule has 3 aromatic rings. The van der Waals surface area contributed by atoms with Crippen molar-refractivity contribution in [2.45, 2.75) is 46.6 Å². The second-order valence-corrected chi connectivity index (χ2v) is 7.83. The maximum absolute atomic E-state index is 12.9. The third kappa shape index (κ3) is 6.07. The average molecular weight is 468 g/mol. The number of amides is 2. The Morgan fingerprint density at radius 1 is 1.09 bits per heavy atom. The Kier molecular flexibility index (Phi) is 8.92. The van der Waals surface area contributed by atoms with Crippen molar-refractivity contribution in [2.24, 2.45) is 0 Å². The minimum atomic E-state index is -0.354. The van der Waals surface area contributed by atoms with E-state index in [4.69, 9.17) is 4.74 Å². The van der Waals surface area contributed by atoms with Gasteiger partial charge in [-0.3, -0.25) is 14.9 Å². The van der Waals surface area contributed by atoms with Crippen LogP contribution in [0.15, 0.2) is 30.6 Å². The van der Waals surface area contributed by atoms with Crippen molar-refractivity contribution < 1.29 is 14.3 Å². The second-order valence-electron chi connectivity index (χ2n) is 7.83. The van der Waals surface area contributed by atoms with E-state index in [1.165, 1.54) is 12.4 Å². The van der Waals surface area contributed by atoms with Gasteiger partial charge in [0.1, 0.15) is 0 Å². The number of carbonyl (C=O) groups excluding carboxylic acids is 2. The topological polar surface area (TPSA) is 114 Å². The van der Waals surface area contributed by atoms with E-state index in [0.717, 1.165) is 31.4 Å². The van der Waals surface area contributed by atoms with Crippen LogP contribution in [-0.2, 0) is 16.1 Å². The number of anilines is 3. The first-order chi connectivity index (χ1) is 16.5. The number of ether oxygens (including phenoxy) is 1. The van der Waals surface area contributed by atoms with Crippen LogP contribution < -0.4 is 15.5 Å². The molecule has 0 aliphatic carbocycles. The molecule has 2 N–H and O–H groups in total. The van der Waals surface area contributed by atoms with Crippen LogP contribution in [0.1, 0.15) is 50.4 Å². The van der Waals surface area contributed by atoms with Gasteiger partial charge in [-0.15, -0.1) is 0 Å². The zero-order chi connectivity index (χ0) is 24.5. The van der Waals surface area contributed by atoms with E-state index in [2.05, 4.69) is 25.6 Å². The number of methoxy groups -OCH3 is 1. The molecule has 0 unspecified atom stereocenters. The van der Waals surface area contributed by atoms with Crippen LogP contribution in [0.5, 0.6) is 0 Å². The number of imidazole rings is 1. The molecule has 182 valence electrons. The Balaban J connectivity index is 1.83. The zero-order valence-corrected chi connectivity index (χ0v) is 20.3. The van der Waals surface area contributed by atoms with Gasteiger partial charge in [-0.1, -0.05) is 13.3 Å². The smallest absolute Gasteiger partial charge is 0.261 e. The van der Waals surface area contributed by atoms with Crippen molar-refractivity contribution >= 4 is 40.4 Å². The van der Waals surface area contributed by atoms with E-state index in [0.29, 0.717) is 48.2 Å². The zero-order valence-electron chi connectivity index (χ0n) is 20.3. The molecule has 0 saturated carbocycles. The highest BCUT2D eigenvalue weighted by Crippen LogP contribution is 2.24. The quantitative estimate of drug-likeness (QED) is 0.417. The van der Waals surface area contributed by atoms with Gasteiger partial charge in [-0.2, -0.15) is 0 Å². The lowest BCUT2D eigenvalue weighted by molar-refractivity contribution is -0.116. The first-order valence-corrected chi connectivity index (χ1v) is 11.7. The van der Waals surface area contributed by atoms with Crippen LogP contribution in [0, 0.1) is 0 Å². The number of nitrogens with one attached hydrogen (secondary N) is 2. The third-order valence-electron chi connectivity index (χ3n) is 5.48. The average Bonchev–Trinajstić information content (AvgIpc) is 3.18. The molecule has 0 bridgehead atoms. The summed E-state index contributed by atoms with van der Waals surface area (Å²) in [5.41, 5.74) is 2.49. The molecule has 0 aliphatic heterocycles. The lowest BCUT2D eigenvalue weighted by atomic mass is 10.2. The van der Waals surface area contributed by atoms with Crippen molar-refractivity contribution in [3.8, 4) is 0 Å². The van der Waals surface area contributed by atoms with Crippen LogP contribution in [0.2, 0.25) is 0 Å².